The third-order valence-corrected chi connectivity index (χ3v) is 4.50. The lowest BCUT2D eigenvalue weighted by Gasteiger charge is -2.15. The Morgan fingerprint density at radius 2 is 1.83 bits per heavy atom. The lowest BCUT2D eigenvalue weighted by Crippen LogP contribution is -2.27. The fraction of sp³-hybridized carbons (Fsp3) is 0.0870. The largest absolute Gasteiger partial charge is 0.332 e. The van der Waals surface area contributed by atoms with Crippen LogP contribution in [0.3, 0.4) is 0 Å². The molecule has 0 spiro atoms. The maximum atomic E-state index is 12.6. The lowest BCUT2D eigenvalue weighted by molar-refractivity contribution is 0.102. The van der Waals surface area contributed by atoms with Crippen molar-refractivity contribution in [3.63, 3.8) is 0 Å². The molecule has 146 valence electrons. The number of hydrogen-bond donors (Lipinski definition) is 3. The molecule has 5 nitrogen and oxygen atoms in total. The molecule has 3 N–H and O–H groups in total. The summed E-state index contributed by atoms with van der Waals surface area (Å²) in [4.78, 5) is 16.7. The van der Waals surface area contributed by atoms with Gasteiger partial charge in [-0.3, -0.25) is 9.78 Å². The second kappa shape index (κ2) is 9.12. The Kier molecular flexibility index (Phi) is 6.36. The maximum Gasteiger partial charge on any atom is 0.255 e. The Labute approximate surface area is 175 Å². The zero-order valence-corrected chi connectivity index (χ0v) is 17.1. The molecule has 0 saturated carbocycles. The monoisotopic (exact) mass is 402 g/mol. The van der Waals surface area contributed by atoms with E-state index in [1.807, 2.05) is 56.3 Å². The van der Waals surface area contributed by atoms with Crippen molar-refractivity contribution in [1.82, 2.24) is 10.3 Å². The molecule has 0 aliphatic heterocycles. The highest BCUT2D eigenvalue weighted by Gasteiger charge is 2.10. The minimum atomic E-state index is -0.183. The molecule has 0 aliphatic rings. The second-order valence-electron chi connectivity index (χ2n) is 6.65. The van der Waals surface area contributed by atoms with Crippen molar-refractivity contribution in [2.75, 3.05) is 10.6 Å². The van der Waals surface area contributed by atoms with Crippen LogP contribution in [0, 0.1) is 13.8 Å². The summed E-state index contributed by atoms with van der Waals surface area (Å²) in [6, 6.07) is 16.9. The van der Waals surface area contributed by atoms with Crippen molar-refractivity contribution in [2.45, 2.75) is 13.8 Å². The Balaban J connectivity index is 1.69. The summed E-state index contributed by atoms with van der Waals surface area (Å²) in [5, 5.41) is 9.49. The minimum Gasteiger partial charge on any atom is -0.332 e. The number of aromatic nitrogens is 1. The number of anilines is 2. The first-order valence-electron chi connectivity index (χ1n) is 9.08. The van der Waals surface area contributed by atoms with Gasteiger partial charge in [0.05, 0.1) is 0 Å². The van der Waals surface area contributed by atoms with Crippen molar-refractivity contribution in [1.29, 1.82) is 0 Å². The summed E-state index contributed by atoms with van der Waals surface area (Å²) < 4.78 is 0. The van der Waals surface area contributed by atoms with Crippen molar-refractivity contribution in [3.05, 3.63) is 95.8 Å². The summed E-state index contributed by atoms with van der Waals surface area (Å²) in [6.45, 7) is 7.92. The van der Waals surface area contributed by atoms with Gasteiger partial charge in [0, 0.05) is 40.6 Å². The van der Waals surface area contributed by atoms with Gasteiger partial charge in [-0.1, -0.05) is 24.8 Å². The number of thiocarbonyl (C=S) groups is 1. The van der Waals surface area contributed by atoms with Gasteiger partial charge in [-0.2, -0.15) is 0 Å². The van der Waals surface area contributed by atoms with Gasteiger partial charge in [0.1, 0.15) is 0 Å². The molecule has 1 amide bonds. The molecule has 0 fully saturated rings. The molecule has 3 aromatic rings. The molecule has 1 aromatic heterocycles. The van der Waals surface area contributed by atoms with Crippen LogP contribution < -0.4 is 16.0 Å². The Morgan fingerprint density at radius 1 is 1.00 bits per heavy atom. The SMILES string of the molecule is C=C(NC(=S)Nc1cc(C(=O)Nc2cccc(C)c2)ccc1C)c1cccnc1. The van der Waals surface area contributed by atoms with E-state index >= 15 is 0 Å². The molecular weight excluding hydrogens is 380 g/mol. The van der Waals surface area contributed by atoms with Crippen molar-refractivity contribution < 1.29 is 4.79 Å². The molecule has 3 rings (SSSR count). The molecule has 1 heterocycles. The van der Waals surface area contributed by atoms with Crippen molar-refractivity contribution in [3.8, 4) is 0 Å². The van der Waals surface area contributed by atoms with E-state index < -0.39 is 0 Å². The molecule has 0 aliphatic carbocycles. The fourth-order valence-corrected chi connectivity index (χ4v) is 2.96. The molecule has 0 atom stereocenters. The van der Waals surface area contributed by atoms with Gasteiger partial charge >= 0.3 is 0 Å². The van der Waals surface area contributed by atoms with Gasteiger partial charge in [0.25, 0.3) is 5.91 Å². The quantitative estimate of drug-likeness (QED) is 0.529. The van der Waals surface area contributed by atoms with Gasteiger partial charge in [0.15, 0.2) is 5.11 Å². The van der Waals surface area contributed by atoms with Crippen LogP contribution in [-0.4, -0.2) is 16.0 Å². The van der Waals surface area contributed by atoms with E-state index in [0.717, 1.165) is 28.1 Å². The van der Waals surface area contributed by atoms with Crippen LogP contribution in [0.4, 0.5) is 11.4 Å². The maximum absolute atomic E-state index is 12.6. The highest BCUT2D eigenvalue weighted by atomic mass is 32.1. The summed E-state index contributed by atoms with van der Waals surface area (Å²) >= 11 is 5.40. The van der Waals surface area contributed by atoms with Gasteiger partial charge in [-0.05, 0) is 73.6 Å². The topological polar surface area (TPSA) is 66.0 Å². The lowest BCUT2D eigenvalue weighted by atomic mass is 10.1. The van der Waals surface area contributed by atoms with E-state index in [1.165, 1.54) is 0 Å². The van der Waals surface area contributed by atoms with Crippen molar-refractivity contribution in [2.24, 2.45) is 0 Å². The summed E-state index contributed by atoms with van der Waals surface area (Å²) in [5.74, 6) is -0.183. The molecule has 0 radical (unpaired) electrons. The van der Waals surface area contributed by atoms with Crippen LogP contribution >= 0.6 is 12.2 Å². The molecule has 0 bridgehead atoms. The van der Waals surface area contributed by atoms with E-state index in [-0.39, 0.29) is 5.91 Å². The Morgan fingerprint density at radius 3 is 2.55 bits per heavy atom. The van der Waals surface area contributed by atoms with Crippen LogP contribution in [0.5, 0.6) is 0 Å². The van der Waals surface area contributed by atoms with Crippen LogP contribution in [0.25, 0.3) is 5.70 Å². The van der Waals surface area contributed by atoms with Crippen LogP contribution in [0.1, 0.15) is 27.0 Å². The predicted molar refractivity (Wildman–Crippen MR) is 123 cm³/mol. The predicted octanol–water partition coefficient (Wildman–Crippen LogP) is 4.91. The number of aryl methyl sites for hydroxylation is 2. The third kappa shape index (κ3) is 5.49. The number of amides is 1. The Bertz CT molecular complexity index is 1060. The number of benzene rings is 2. The number of pyridine rings is 1. The van der Waals surface area contributed by atoms with Crippen molar-refractivity contribution >= 4 is 40.3 Å². The van der Waals surface area contributed by atoms with Crippen LogP contribution in [0.15, 0.2) is 73.6 Å². The number of nitrogens with zero attached hydrogens (tertiary/aromatic N) is 1. The molecular formula is C23H22N4OS. The molecule has 0 saturated heterocycles. The summed E-state index contributed by atoms with van der Waals surface area (Å²) in [7, 11) is 0. The highest BCUT2D eigenvalue weighted by molar-refractivity contribution is 7.80. The average molecular weight is 403 g/mol. The smallest absolute Gasteiger partial charge is 0.255 e. The zero-order chi connectivity index (χ0) is 20.8. The first kappa shape index (κ1) is 20.2. The van der Waals surface area contributed by atoms with E-state index in [1.54, 1.807) is 24.5 Å². The van der Waals surface area contributed by atoms with Gasteiger partial charge in [-0.25, -0.2) is 0 Å². The molecule has 0 unspecified atom stereocenters. The van der Waals surface area contributed by atoms with E-state index in [9.17, 15) is 4.79 Å². The number of rotatable bonds is 5. The van der Waals surface area contributed by atoms with E-state index in [4.69, 9.17) is 12.2 Å². The Hall–Kier alpha value is -3.51. The normalized spacial score (nSPS) is 10.1. The summed E-state index contributed by atoms with van der Waals surface area (Å²) in [5.41, 5.74) is 5.58. The van der Waals surface area contributed by atoms with E-state index in [2.05, 4.69) is 27.5 Å². The molecule has 29 heavy (non-hydrogen) atoms. The fourth-order valence-electron chi connectivity index (χ4n) is 2.73. The standard InChI is InChI=1S/C23H22N4OS/c1-15-6-4-8-20(12-15)26-22(28)18-10-9-16(2)21(13-18)27-23(29)25-17(3)19-7-5-11-24-14-19/h4-14H,3H2,1-2H3,(H,26,28)(H2,25,27,29). The number of carbonyl (C=O) groups excluding carboxylic acids is 1. The van der Waals surface area contributed by atoms with E-state index in [0.29, 0.717) is 16.4 Å². The van der Waals surface area contributed by atoms with Crippen LogP contribution in [0.2, 0.25) is 0 Å². The second-order valence-corrected chi connectivity index (χ2v) is 7.06. The minimum absolute atomic E-state index is 0.183. The van der Waals surface area contributed by atoms with Gasteiger partial charge in [0.2, 0.25) is 0 Å². The van der Waals surface area contributed by atoms with Crippen LogP contribution in [-0.2, 0) is 0 Å². The molecule has 6 heteroatoms. The first-order chi connectivity index (χ1) is 13.9. The average Bonchev–Trinajstić information content (AvgIpc) is 2.70. The number of nitrogens with one attached hydrogen (secondary N) is 3. The summed E-state index contributed by atoms with van der Waals surface area (Å²) in [6.07, 6.45) is 3.41. The number of hydrogen-bond acceptors (Lipinski definition) is 3. The third-order valence-electron chi connectivity index (χ3n) is 4.30. The first-order valence-corrected chi connectivity index (χ1v) is 9.49. The number of carbonyl (C=O) groups is 1. The molecule has 2 aromatic carbocycles. The zero-order valence-electron chi connectivity index (χ0n) is 16.3. The van der Waals surface area contributed by atoms with Gasteiger partial charge < -0.3 is 16.0 Å². The highest BCUT2D eigenvalue weighted by Crippen LogP contribution is 2.19. The van der Waals surface area contributed by atoms with Gasteiger partial charge in [-0.15, -0.1) is 0 Å².